The van der Waals surface area contributed by atoms with Crippen molar-refractivity contribution in [1.82, 2.24) is 0 Å². The van der Waals surface area contributed by atoms with Gasteiger partial charge in [-0.1, -0.05) is 6.92 Å². The van der Waals surface area contributed by atoms with Crippen molar-refractivity contribution in [1.29, 1.82) is 0 Å². The van der Waals surface area contributed by atoms with Crippen LogP contribution in [0.15, 0.2) is 39.4 Å². The van der Waals surface area contributed by atoms with Crippen molar-refractivity contribution in [3.63, 3.8) is 0 Å². The average Bonchev–Trinajstić information content (AvgIpc) is 2.85. The molecule has 0 saturated heterocycles. The third-order valence-corrected chi connectivity index (χ3v) is 3.50. The number of benzene rings is 1. The highest BCUT2D eigenvalue weighted by Crippen LogP contribution is 2.29. The fourth-order valence-corrected chi connectivity index (χ4v) is 2.20. The Morgan fingerprint density at radius 1 is 1.44 bits per heavy atom. The molecule has 1 N–H and O–H groups in total. The molecule has 2 aromatic rings. The summed E-state index contributed by atoms with van der Waals surface area (Å²) in [6.45, 7) is 3.96. The highest BCUT2D eigenvalue weighted by atomic mass is 79.9. The van der Waals surface area contributed by atoms with E-state index < -0.39 is 0 Å². The van der Waals surface area contributed by atoms with Gasteiger partial charge in [0.1, 0.15) is 11.6 Å². The molecule has 1 aromatic heterocycles. The number of hydrogen-bond acceptors (Lipinski definition) is 2. The summed E-state index contributed by atoms with van der Waals surface area (Å²) in [4.78, 5) is 0. The maximum atomic E-state index is 13.4. The Labute approximate surface area is 114 Å². The van der Waals surface area contributed by atoms with Crippen molar-refractivity contribution in [2.75, 3.05) is 5.32 Å². The van der Waals surface area contributed by atoms with E-state index in [1.54, 1.807) is 12.3 Å². The number of nitrogens with one attached hydrogen (secondary N) is 1. The Bertz CT molecular complexity index is 525. The second-order valence-electron chi connectivity index (χ2n) is 4.20. The van der Waals surface area contributed by atoms with E-state index in [2.05, 4.69) is 28.2 Å². The highest BCUT2D eigenvalue weighted by molar-refractivity contribution is 9.10. The summed E-state index contributed by atoms with van der Waals surface area (Å²) < 4.78 is 19.2. The standard InChI is InChI=1S/C14H15BrFNO/c1-3-12(14-5-4-6-18-14)17-13-8-10(15)11(16)7-9(13)2/h4-8,12,17H,3H2,1-2H3. The third kappa shape index (κ3) is 2.75. The molecule has 0 spiro atoms. The molecule has 2 rings (SSSR count). The number of hydrogen-bond donors (Lipinski definition) is 1. The molecule has 1 atom stereocenters. The van der Waals surface area contributed by atoms with Crippen LogP contribution < -0.4 is 5.32 Å². The molecule has 0 aliphatic rings. The Hall–Kier alpha value is -1.29. The molecule has 0 radical (unpaired) electrons. The Morgan fingerprint density at radius 3 is 2.83 bits per heavy atom. The Balaban J connectivity index is 2.25. The van der Waals surface area contributed by atoms with Gasteiger partial charge in [-0.05, 0) is 59.1 Å². The van der Waals surface area contributed by atoms with Crippen LogP contribution in [0, 0.1) is 12.7 Å². The fraction of sp³-hybridized carbons (Fsp3) is 0.286. The zero-order chi connectivity index (χ0) is 13.1. The van der Waals surface area contributed by atoms with E-state index in [-0.39, 0.29) is 11.9 Å². The summed E-state index contributed by atoms with van der Waals surface area (Å²) >= 11 is 3.20. The summed E-state index contributed by atoms with van der Waals surface area (Å²) in [7, 11) is 0. The molecule has 18 heavy (non-hydrogen) atoms. The molecule has 0 amide bonds. The topological polar surface area (TPSA) is 25.2 Å². The molecular weight excluding hydrogens is 297 g/mol. The van der Waals surface area contributed by atoms with Crippen LogP contribution in [0.5, 0.6) is 0 Å². The average molecular weight is 312 g/mol. The van der Waals surface area contributed by atoms with Crippen molar-refractivity contribution in [2.45, 2.75) is 26.3 Å². The maximum Gasteiger partial charge on any atom is 0.137 e. The molecule has 0 aliphatic carbocycles. The molecule has 96 valence electrons. The summed E-state index contributed by atoms with van der Waals surface area (Å²) in [5.41, 5.74) is 1.78. The summed E-state index contributed by atoms with van der Waals surface area (Å²) in [5, 5.41) is 3.38. The minimum Gasteiger partial charge on any atom is -0.467 e. The molecular formula is C14H15BrFNO. The number of halogens is 2. The maximum absolute atomic E-state index is 13.4. The molecule has 0 bridgehead atoms. The van der Waals surface area contributed by atoms with Crippen molar-refractivity contribution in [2.24, 2.45) is 0 Å². The second kappa shape index (κ2) is 5.57. The van der Waals surface area contributed by atoms with Crippen LogP contribution in [0.4, 0.5) is 10.1 Å². The molecule has 0 fully saturated rings. The van der Waals surface area contributed by atoms with E-state index in [0.717, 1.165) is 23.4 Å². The largest absolute Gasteiger partial charge is 0.467 e. The first-order chi connectivity index (χ1) is 8.61. The minimum atomic E-state index is -0.246. The van der Waals surface area contributed by atoms with E-state index >= 15 is 0 Å². The second-order valence-corrected chi connectivity index (χ2v) is 5.06. The van der Waals surface area contributed by atoms with Crippen LogP contribution in [0.3, 0.4) is 0 Å². The van der Waals surface area contributed by atoms with Crippen LogP contribution in [-0.4, -0.2) is 0 Å². The van der Waals surface area contributed by atoms with Gasteiger partial charge in [0.2, 0.25) is 0 Å². The van der Waals surface area contributed by atoms with Gasteiger partial charge in [0.15, 0.2) is 0 Å². The SMILES string of the molecule is CCC(Nc1cc(Br)c(F)cc1C)c1ccco1. The van der Waals surface area contributed by atoms with E-state index in [1.807, 2.05) is 19.1 Å². The van der Waals surface area contributed by atoms with E-state index in [1.165, 1.54) is 6.07 Å². The smallest absolute Gasteiger partial charge is 0.137 e. The lowest BCUT2D eigenvalue weighted by Gasteiger charge is -2.18. The first-order valence-corrected chi connectivity index (χ1v) is 6.66. The Kier molecular flexibility index (Phi) is 4.07. The van der Waals surface area contributed by atoms with Gasteiger partial charge in [-0.25, -0.2) is 4.39 Å². The Morgan fingerprint density at radius 2 is 2.22 bits per heavy atom. The monoisotopic (exact) mass is 311 g/mol. The van der Waals surface area contributed by atoms with Gasteiger partial charge in [-0.2, -0.15) is 0 Å². The summed E-state index contributed by atoms with van der Waals surface area (Å²) in [6.07, 6.45) is 2.55. The van der Waals surface area contributed by atoms with Gasteiger partial charge >= 0.3 is 0 Å². The molecule has 2 nitrogen and oxygen atoms in total. The molecule has 0 saturated carbocycles. The van der Waals surface area contributed by atoms with E-state index in [4.69, 9.17) is 4.42 Å². The molecule has 1 heterocycles. The first kappa shape index (κ1) is 13.1. The molecule has 1 unspecified atom stereocenters. The van der Waals surface area contributed by atoms with Gasteiger partial charge < -0.3 is 9.73 Å². The van der Waals surface area contributed by atoms with E-state index in [9.17, 15) is 4.39 Å². The van der Waals surface area contributed by atoms with Crippen molar-refractivity contribution in [3.8, 4) is 0 Å². The van der Waals surface area contributed by atoms with Crippen molar-refractivity contribution in [3.05, 3.63) is 52.1 Å². The lowest BCUT2D eigenvalue weighted by atomic mass is 10.1. The molecule has 0 aliphatic heterocycles. The van der Waals surface area contributed by atoms with Crippen molar-refractivity contribution >= 4 is 21.6 Å². The molecule has 1 aromatic carbocycles. The van der Waals surface area contributed by atoms with Crippen LogP contribution in [0.2, 0.25) is 0 Å². The van der Waals surface area contributed by atoms with E-state index in [0.29, 0.717) is 4.47 Å². The third-order valence-electron chi connectivity index (χ3n) is 2.89. The van der Waals surface area contributed by atoms with Crippen LogP contribution >= 0.6 is 15.9 Å². The highest BCUT2D eigenvalue weighted by Gasteiger charge is 2.14. The normalized spacial score (nSPS) is 12.4. The van der Waals surface area contributed by atoms with Gasteiger partial charge in [-0.3, -0.25) is 0 Å². The predicted molar refractivity (Wildman–Crippen MR) is 74.2 cm³/mol. The van der Waals surface area contributed by atoms with Crippen LogP contribution in [-0.2, 0) is 0 Å². The van der Waals surface area contributed by atoms with Crippen molar-refractivity contribution < 1.29 is 8.81 Å². The quantitative estimate of drug-likeness (QED) is 0.854. The molecule has 4 heteroatoms. The zero-order valence-corrected chi connectivity index (χ0v) is 11.9. The predicted octanol–water partition coefficient (Wildman–Crippen LogP) is 5.05. The fourth-order valence-electron chi connectivity index (χ4n) is 1.85. The lowest BCUT2D eigenvalue weighted by molar-refractivity contribution is 0.474. The number of rotatable bonds is 4. The summed E-state index contributed by atoms with van der Waals surface area (Å²) in [5.74, 6) is 0.640. The van der Waals surface area contributed by atoms with Gasteiger partial charge in [0.25, 0.3) is 0 Å². The number of furan rings is 1. The van der Waals surface area contributed by atoms with Gasteiger partial charge in [-0.15, -0.1) is 0 Å². The lowest BCUT2D eigenvalue weighted by Crippen LogP contribution is -2.10. The number of anilines is 1. The minimum absolute atomic E-state index is 0.0936. The van der Waals surface area contributed by atoms with Crippen LogP contribution in [0.1, 0.15) is 30.7 Å². The van der Waals surface area contributed by atoms with Gasteiger partial charge in [0.05, 0.1) is 16.8 Å². The summed E-state index contributed by atoms with van der Waals surface area (Å²) in [6, 6.07) is 7.18. The van der Waals surface area contributed by atoms with Gasteiger partial charge in [0, 0.05) is 5.69 Å². The number of aryl methyl sites for hydroxylation is 1. The zero-order valence-electron chi connectivity index (χ0n) is 10.3. The first-order valence-electron chi connectivity index (χ1n) is 5.87. The van der Waals surface area contributed by atoms with Crippen LogP contribution in [0.25, 0.3) is 0 Å².